The van der Waals surface area contributed by atoms with Gasteiger partial charge in [-0.2, -0.15) is 11.8 Å². The summed E-state index contributed by atoms with van der Waals surface area (Å²) in [5, 5.41) is 3.81. The van der Waals surface area contributed by atoms with Gasteiger partial charge in [0.2, 0.25) is 0 Å². The van der Waals surface area contributed by atoms with Crippen molar-refractivity contribution in [2.45, 2.75) is 13.5 Å². The minimum Gasteiger partial charge on any atom is -0.370 e. The number of nitrogens with zero attached hydrogens (tertiary/aromatic N) is 3. The summed E-state index contributed by atoms with van der Waals surface area (Å²) in [5.41, 5.74) is 6.78. The van der Waals surface area contributed by atoms with Crippen LogP contribution in [0.1, 0.15) is 11.5 Å². The number of thioether (sulfide) groups is 1. The molecule has 0 radical (unpaired) electrons. The normalized spacial score (nSPS) is 16.8. The van der Waals surface area contributed by atoms with Gasteiger partial charge in [-0.1, -0.05) is 5.16 Å². The minimum atomic E-state index is 0. The largest absolute Gasteiger partial charge is 0.370 e. The van der Waals surface area contributed by atoms with Crippen molar-refractivity contribution in [3.05, 3.63) is 17.5 Å². The molecule has 0 aliphatic carbocycles. The highest BCUT2D eigenvalue weighted by Crippen LogP contribution is 2.09. The van der Waals surface area contributed by atoms with Crippen LogP contribution >= 0.6 is 35.7 Å². The van der Waals surface area contributed by atoms with E-state index in [4.69, 9.17) is 10.3 Å². The number of rotatable bonds is 2. The molecule has 17 heavy (non-hydrogen) atoms. The van der Waals surface area contributed by atoms with Gasteiger partial charge >= 0.3 is 0 Å². The summed E-state index contributed by atoms with van der Waals surface area (Å²) in [4.78, 5) is 6.42. The number of hydrogen-bond acceptors (Lipinski definition) is 4. The van der Waals surface area contributed by atoms with Crippen molar-refractivity contribution in [1.29, 1.82) is 0 Å². The zero-order chi connectivity index (χ0) is 11.4. The third-order valence-corrected chi connectivity index (χ3v) is 3.35. The molecule has 5 nitrogen and oxygen atoms in total. The third kappa shape index (κ3) is 4.38. The van der Waals surface area contributed by atoms with E-state index in [1.54, 1.807) is 0 Å². The SMILES string of the molecule is Cc1cc(CN=C(N)N2CCSCC2)on1.I. The standard InChI is InChI=1S/C10H16N4OS.HI/c1-8-6-9(15-13-8)7-12-10(11)14-2-4-16-5-3-14;/h6H,2-5,7H2,1H3,(H2,11,12);1H. The molecule has 7 heteroatoms. The molecule has 2 heterocycles. The van der Waals surface area contributed by atoms with Crippen molar-refractivity contribution in [3.63, 3.8) is 0 Å². The molecule has 0 saturated carbocycles. The molecule has 1 aliphatic rings. The molecule has 1 aliphatic heterocycles. The lowest BCUT2D eigenvalue weighted by atomic mass is 10.4. The quantitative estimate of drug-likeness (QED) is 0.487. The van der Waals surface area contributed by atoms with Crippen molar-refractivity contribution in [2.24, 2.45) is 10.7 Å². The second kappa shape index (κ2) is 7.10. The fourth-order valence-electron chi connectivity index (χ4n) is 1.54. The summed E-state index contributed by atoms with van der Waals surface area (Å²) in [7, 11) is 0. The number of aliphatic imine (C=N–C) groups is 1. The van der Waals surface area contributed by atoms with Crippen molar-refractivity contribution in [3.8, 4) is 0 Å². The van der Waals surface area contributed by atoms with Crippen LogP contribution < -0.4 is 5.73 Å². The number of hydrogen-bond donors (Lipinski definition) is 1. The molecule has 2 rings (SSSR count). The fraction of sp³-hybridized carbons (Fsp3) is 0.600. The Morgan fingerprint density at radius 3 is 2.88 bits per heavy atom. The number of guanidine groups is 1. The molecule has 0 aromatic carbocycles. The number of aromatic nitrogens is 1. The zero-order valence-electron chi connectivity index (χ0n) is 9.76. The second-order valence-corrected chi connectivity index (χ2v) is 4.93. The van der Waals surface area contributed by atoms with Crippen LogP contribution in [0.5, 0.6) is 0 Å². The number of aryl methyl sites for hydroxylation is 1. The van der Waals surface area contributed by atoms with Gasteiger partial charge in [-0.15, -0.1) is 24.0 Å². The molecule has 1 aromatic heterocycles. The lowest BCUT2D eigenvalue weighted by molar-refractivity contribution is 0.379. The molecule has 0 atom stereocenters. The maximum absolute atomic E-state index is 5.91. The maximum Gasteiger partial charge on any atom is 0.191 e. The van der Waals surface area contributed by atoms with E-state index in [0.717, 1.165) is 36.0 Å². The van der Waals surface area contributed by atoms with Crippen LogP contribution in [-0.4, -0.2) is 40.6 Å². The Morgan fingerprint density at radius 2 is 2.29 bits per heavy atom. The van der Waals surface area contributed by atoms with E-state index in [9.17, 15) is 0 Å². The predicted molar refractivity (Wildman–Crippen MR) is 80.9 cm³/mol. The van der Waals surface area contributed by atoms with E-state index >= 15 is 0 Å². The zero-order valence-corrected chi connectivity index (χ0v) is 12.9. The summed E-state index contributed by atoms with van der Waals surface area (Å²) in [6, 6.07) is 1.88. The molecule has 0 unspecified atom stereocenters. The van der Waals surface area contributed by atoms with Gasteiger partial charge in [0.05, 0.1) is 5.69 Å². The highest BCUT2D eigenvalue weighted by molar-refractivity contribution is 14.0. The molecule has 2 N–H and O–H groups in total. The third-order valence-electron chi connectivity index (χ3n) is 2.41. The van der Waals surface area contributed by atoms with Gasteiger partial charge in [0.25, 0.3) is 0 Å². The molecular formula is C10H17IN4OS. The molecule has 0 amide bonds. The first-order valence-corrected chi connectivity index (χ1v) is 6.46. The van der Waals surface area contributed by atoms with Gasteiger partial charge in [-0.25, -0.2) is 4.99 Å². The first kappa shape index (κ1) is 14.6. The van der Waals surface area contributed by atoms with Crippen LogP contribution in [0.2, 0.25) is 0 Å². The van der Waals surface area contributed by atoms with E-state index in [-0.39, 0.29) is 24.0 Å². The molecule has 1 aromatic rings. The second-order valence-electron chi connectivity index (χ2n) is 3.71. The Bertz CT molecular complexity index is 376. The smallest absolute Gasteiger partial charge is 0.191 e. The van der Waals surface area contributed by atoms with Crippen molar-refractivity contribution in [2.75, 3.05) is 24.6 Å². The van der Waals surface area contributed by atoms with Gasteiger partial charge in [0, 0.05) is 30.7 Å². The molecule has 1 saturated heterocycles. The van der Waals surface area contributed by atoms with Crippen LogP contribution in [0.3, 0.4) is 0 Å². The lowest BCUT2D eigenvalue weighted by Gasteiger charge is -2.27. The monoisotopic (exact) mass is 368 g/mol. The minimum absolute atomic E-state index is 0. The van der Waals surface area contributed by atoms with Crippen molar-refractivity contribution >= 4 is 41.7 Å². The highest BCUT2D eigenvalue weighted by Gasteiger charge is 2.12. The Labute approximate surface area is 122 Å². The average Bonchev–Trinajstić information content (AvgIpc) is 2.73. The topological polar surface area (TPSA) is 67.7 Å². The molecule has 0 bridgehead atoms. The van der Waals surface area contributed by atoms with E-state index in [1.807, 2.05) is 24.8 Å². The van der Waals surface area contributed by atoms with E-state index in [0.29, 0.717) is 12.5 Å². The summed E-state index contributed by atoms with van der Waals surface area (Å²) in [5.74, 6) is 3.61. The number of halogens is 1. The van der Waals surface area contributed by atoms with Gasteiger partial charge in [-0.05, 0) is 6.92 Å². The van der Waals surface area contributed by atoms with Crippen molar-refractivity contribution in [1.82, 2.24) is 10.1 Å². The average molecular weight is 368 g/mol. The molecule has 96 valence electrons. The number of nitrogens with two attached hydrogens (primary N) is 1. The van der Waals surface area contributed by atoms with Crippen molar-refractivity contribution < 1.29 is 4.52 Å². The van der Waals surface area contributed by atoms with Crippen LogP contribution in [0.25, 0.3) is 0 Å². The Kier molecular flexibility index (Phi) is 6.10. The Morgan fingerprint density at radius 1 is 1.59 bits per heavy atom. The first-order chi connectivity index (χ1) is 7.75. The highest BCUT2D eigenvalue weighted by atomic mass is 127. The van der Waals surface area contributed by atoms with Crippen LogP contribution in [0.4, 0.5) is 0 Å². The Hall–Kier alpha value is -0.440. The molecular weight excluding hydrogens is 351 g/mol. The Balaban J connectivity index is 0.00000144. The lowest BCUT2D eigenvalue weighted by Crippen LogP contribution is -2.42. The summed E-state index contributed by atoms with van der Waals surface area (Å²) in [6.07, 6.45) is 0. The first-order valence-electron chi connectivity index (χ1n) is 5.30. The molecule has 0 spiro atoms. The van der Waals surface area contributed by atoms with E-state index < -0.39 is 0 Å². The van der Waals surface area contributed by atoms with Gasteiger partial charge in [0.1, 0.15) is 6.54 Å². The summed E-state index contributed by atoms with van der Waals surface area (Å²) >= 11 is 1.95. The van der Waals surface area contributed by atoms with Crippen LogP contribution in [0, 0.1) is 6.92 Å². The fourth-order valence-corrected chi connectivity index (χ4v) is 2.45. The van der Waals surface area contributed by atoms with Gasteiger partial charge in [-0.3, -0.25) is 0 Å². The predicted octanol–water partition coefficient (Wildman–Crippen LogP) is 1.46. The maximum atomic E-state index is 5.91. The van der Waals surface area contributed by atoms with Crippen LogP contribution in [-0.2, 0) is 6.54 Å². The summed E-state index contributed by atoms with van der Waals surface area (Å²) < 4.78 is 5.07. The summed E-state index contributed by atoms with van der Waals surface area (Å²) in [6.45, 7) is 4.32. The van der Waals surface area contributed by atoms with Gasteiger partial charge < -0.3 is 15.2 Å². The van der Waals surface area contributed by atoms with Crippen LogP contribution in [0.15, 0.2) is 15.6 Å². The van der Waals surface area contributed by atoms with Gasteiger partial charge in [0.15, 0.2) is 11.7 Å². The van der Waals surface area contributed by atoms with E-state index in [2.05, 4.69) is 15.0 Å². The van der Waals surface area contributed by atoms with E-state index in [1.165, 1.54) is 0 Å². The molecule has 1 fully saturated rings.